The molecule has 0 saturated heterocycles. The van der Waals surface area contributed by atoms with Crippen LogP contribution in [0, 0.1) is 0 Å². The van der Waals surface area contributed by atoms with Gasteiger partial charge in [0.2, 0.25) is 5.91 Å². The first-order chi connectivity index (χ1) is 8.04. The van der Waals surface area contributed by atoms with E-state index < -0.39 is 17.9 Å². The van der Waals surface area contributed by atoms with Crippen LogP contribution in [-0.2, 0) is 20.9 Å². The van der Waals surface area contributed by atoms with Gasteiger partial charge >= 0.3 is 5.97 Å². The molecule has 0 radical (unpaired) electrons. The summed E-state index contributed by atoms with van der Waals surface area (Å²) in [6.07, 6.45) is 0. The lowest BCUT2D eigenvalue weighted by atomic mass is 10.3. The number of amides is 1. The summed E-state index contributed by atoms with van der Waals surface area (Å²) in [4.78, 5) is 23.7. The zero-order valence-corrected chi connectivity index (χ0v) is 11.6. The smallest absolute Gasteiger partial charge is 0.332 e. The summed E-state index contributed by atoms with van der Waals surface area (Å²) >= 11 is 4.82. The Balaban J connectivity index is 2.41. The maximum absolute atomic E-state index is 11.5. The van der Waals surface area contributed by atoms with Gasteiger partial charge in [-0.2, -0.15) is 0 Å². The zero-order chi connectivity index (χ0) is 12.8. The van der Waals surface area contributed by atoms with Gasteiger partial charge in [-0.15, -0.1) is 11.3 Å². The summed E-state index contributed by atoms with van der Waals surface area (Å²) in [6.45, 7) is 2.21. The molecule has 0 aliphatic carbocycles. The zero-order valence-electron chi connectivity index (χ0n) is 9.23. The van der Waals surface area contributed by atoms with Gasteiger partial charge in [0.25, 0.3) is 0 Å². The van der Waals surface area contributed by atoms with Crippen LogP contribution in [0.25, 0.3) is 0 Å². The topological polar surface area (TPSA) is 81.4 Å². The molecule has 17 heavy (non-hydrogen) atoms. The number of nitrogens with one attached hydrogen (secondary N) is 1. The third kappa shape index (κ3) is 4.45. The number of carbonyl (C=O) groups is 2. The number of halogens is 1. The Labute approximate surface area is 111 Å². The fourth-order valence-corrected chi connectivity index (χ4v) is 2.49. The van der Waals surface area contributed by atoms with Crippen LogP contribution in [0.3, 0.4) is 0 Å². The summed E-state index contributed by atoms with van der Waals surface area (Å²) in [5.74, 6) is -1.25. The second kappa shape index (κ2) is 6.73. The van der Waals surface area contributed by atoms with E-state index in [1.165, 1.54) is 11.3 Å². The monoisotopic (exact) mass is 320 g/mol. The number of esters is 1. The molecule has 0 aliphatic rings. The Kier molecular flexibility index (Phi) is 5.60. The minimum atomic E-state index is -1.27. The number of hydrogen-bond acceptors (Lipinski definition) is 5. The normalized spacial score (nSPS) is 11.9. The van der Waals surface area contributed by atoms with Gasteiger partial charge in [-0.25, -0.2) is 4.79 Å². The van der Waals surface area contributed by atoms with E-state index in [-0.39, 0.29) is 6.61 Å². The lowest BCUT2D eigenvalue weighted by Gasteiger charge is -2.10. The van der Waals surface area contributed by atoms with Gasteiger partial charge in [0.1, 0.15) is 0 Å². The van der Waals surface area contributed by atoms with Crippen molar-refractivity contribution in [3.63, 3.8) is 0 Å². The first-order valence-corrected chi connectivity index (χ1v) is 6.59. The van der Waals surface area contributed by atoms with Crippen molar-refractivity contribution in [2.45, 2.75) is 19.5 Å². The highest BCUT2D eigenvalue weighted by molar-refractivity contribution is 9.11. The van der Waals surface area contributed by atoms with Gasteiger partial charge in [-0.05, 0) is 35.0 Å². The van der Waals surface area contributed by atoms with Crippen molar-refractivity contribution in [3.8, 4) is 0 Å². The lowest BCUT2D eigenvalue weighted by molar-refractivity contribution is -0.148. The van der Waals surface area contributed by atoms with Crippen molar-refractivity contribution in [1.29, 1.82) is 0 Å². The molecule has 1 aromatic heterocycles. The Hall–Kier alpha value is -0.920. The molecule has 0 fully saturated rings. The fraction of sp³-hybridized carbons (Fsp3) is 0.400. The molecule has 0 spiro atoms. The van der Waals surface area contributed by atoms with Crippen LogP contribution < -0.4 is 11.1 Å². The van der Waals surface area contributed by atoms with Crippen LogP contribution in [0.1, 0.15) is 11.8 Å². The van der Waals surface area contributed by atoms with Gasteiger partial charge in [0.05, 0.1) is 16.9 Å². The molecule has 7 heteroatoms. The molecule has 1 rings (SSSR count). The molecule has 5 nitrogen and oxygen atoms in total. The Bertz CT molecular complexity index is 408. The summed E-state index contributed by atoms with van der Waals surface area (Å²) in [6, 6.07) is 2.50. The van der Waals surface area contributed by atoms with Crippen LogP contribution in [0.2, 0.25) is 0 Å². The molecule has 0 bridgehead atoms. The molecule has 1 unspecified atom stereocenters. The Morgan fingerprint density at radius 1 is 1.59 bits per heavy atom. The van der Waals surface area contributed by atoms with E-state index in [2.05, 4.69) is 26.0 Å². The molecular formula is C10H13BrN2O3S. The predicted octanol–water partition coefficient (Wildman–Crippen LogP) is 1.02. The Morgan fingerprint density at radius 2 is 2.29 bits per heavy atom. The van der Waals surface area contributed by atoms with Gasteiger partial charge < -0.3 is 15.8 Å². The number of thiophene rings is 1. The maximum Gasteiger partial charge on any atom is 0.332 e. The summed E-state index contributed by atoms with van der Waals surface area (Å²) < 4.78 is 5.63. The van der Waals surface area contributed by atoms with E-state index in [4.69, 9.17) is 5.73 Å². The Morgan fingerprint density at radius 3 is 2.82 bits per heavy atom. The van der Waals surface area contributed by atoms with E-state index >= 15 is 0 Å². The molecule has 1 amide bonds. The highest BCUT2D eigenvalue weighted by Gasteiger charge is 2.22. The van der Waals surface area contributed by atoms with Crippen LogP contribution in [0.15, 0.2) is 15.9 Å². The minimum Gasteiger partial charge on any atom is -0.464 e. The molecule has 0 aliphatic heterocycles. The number of carbonyl (C=O) groups excluding carboxylic acids is 2. The predicted molar refractivity (Wildman–Crippen MR) is 68.5 cm³/mol. The average molecular weight is 321 g/mol. The highest BCUT2D eigenvalue weighted by Crippen LogP contribution is 2.21. The van der Waals surface area contributed by atoms with Crippen LogP contribution in [0.4, 0.5) is 0 Å². The molecule has 3 N–H and O–H groups in total. The number of nitrogens with two attached hydrogens (primary N) is 1. The van der Waals surface area contributed by atoms with Crippen molar-refractivity contribution in [3.05, 3.63) is 20.8 Å². The standard InChI is InChI=1S/C10H13BrN2O3S/c1-2-16-10(15)8(12)9(14)13-5-6-3-4-7(11)17-6/h3-4,8H,2,5,12H2,1H3,(H,13,14). The molecule has 1 aromatic rings. The van der Waals surface area contributed by atoms with Crippen molar-refractivity contribution in [1.82, 2.24) is 5.32 Å². The molecule has 0 saturated carbocycles. The van der Waals surface area contributed by atoms with Gasteiger partial charge in [0.15, 0.2) is 6.04 Å². The second-order valence-corrected chi connectivity index (χ2v) is 5.70. The summed E-state index contributed by atoms with van der Waals surface area (Å²) in [7, 11) is 0. The third-order valence-electron chi connectivity index (χ3n) is 1.89. The first kappa shape index (κ1) is 14.1. The average Bonchev–Trinajstić information content (AvgIpc) is 2.71. The van der Waals surface area contributed by atoms with Gasteiger partial charge in [0, 0.05) is 4.88 Å². The van der Waals surface area contributed by atoms with E-state index in [1.54, 1.807) is 6.92 Å². The lowest BCUT2D eigenvalue weighted by Crippen LogP contribution is -2.46. The van der Waals surface area contributed by atoms with Crippen molar-refractivity contribution >= 4 is 39.1 Å². The minimum absolute atomic E-state index is 0.206. The molecular weight excluding hydrogens is 308 g/mol. The number of rotatable bonds is 5. The van der Waals surface area contributed by atoms with Gasteiger partial charge in [-0.1, -0.05) is 0 Å². The van der Waals surface area contributed by atoms with Crippen LogP contribution >= 0.6 is 27.3 Å². The summed E-state index contributed by atoms with van der Waals surface area (Å²) in [5, 5.41) is 2.58. The quantitative estimate of drug-likeness (QED) is 0.627. The molecule has 1 atom stereocenters. The molecule has 0 aromatic carbocycles. The maximum atomic E-state index is 11.5. The van der Waals surface area contributed by atoms with Crippen molar-refractivity contribution in [2.75, 3.05) is 6.61 Å². The third-order valence-corrected chi connectivity index (χ3v) is 3.51. The number of hydrogen-bond donors (Lipinski definition) is 2. The SMILES string of the molecule is CCOC(=O)C(N)C(=O)NCc1ccc(Br)s1. The van der Waals surface area contributed by atoms with E-state index in [9.17, 15) is 9.59 Å². The second-order valence-electron chi connectivity index (χ2n) is 3.15. The van der Waals surface area contributed by atoms with E-state index in [0.29, 0.717) is 6.54 Å². The van der Waals surface area contributed by atoms with E-state index in [0.717, 1.165) is 8.66 Å². The summed E-state index contributed by atoms with van der Waals surface area (Å²) in [5.41, 5.74) is 5.42. The van der Waals surface area contributed by atoms with Gasteiger partial charge in [-0.3, -0.25) is 4.79 Å². The highest BCUT2D eigenvalue weighted by atomic mass is 79.9. The molecule has 94 valence electrons. The number of ether oxygens (including phenoxy) is 1. The van der Waals surface area contributed by atoms with E-state index in [1.807, 2.05) is 12.1 Å². The van der Waals surface area contributed by atoms with Crippen molar-refractivity contribution in [2.24, 2.45) is 5.73 Å². The van der Waals surface area contributed by atoms with Crippen LogP contribution in [0.5, 0.6) is 0 Å². The molecule has 1 heterocycles. The van der Waals surface area contributed by atoms with Crippen LogP contribution in [-0.4, -0.2) is 24.5 Å². The first-order valence-electron chi connectivity index (χ1n) is 4.98. The van der Waals surface area contributed by atoms with Crippen molar-refractivity contribution < 1.29 is 14.3 Å². The largest absolute Gasteiger partial charge is 0.464 e. The fourth-order valence-electron chi connectivity index (χ4n) is 1.07.